The molecule has 2 N–H and O–H groups in total. The molecular formula is C12H15ClFNO2. The van der Waals surface area contributed by atoms with Crippen molar-refractivity contribution >= 4 is 17.5 Å². The Kier molecular flexibility index (Phi) is 5.38. The van der Waals surface area contributed by atoms with Crippen LogP contribution in [-0.4, -0.2) is 17.6 Å². The maximum absolute atomic E-state index is 13.3. The quantitative estimate of drug-likeness (QED) is 0.852. The fraction of sp³-hybridized carbons (Fsp3) is 0.417. The summed E-state index contributed by atoms with van der Waals surface area (Å²) >= 11 is 5.93. The van der Waals surface area contributed by atoms with Gasteiger partial charge in [0.15, 0.2) is 0 Å². The van der Waals surface area contributed by atoms with Gasteiger partial charge >= 0.3 is 0 Å². The topological polar surface area (TPSA) is 49.3 Å². The molecule has 5 heteroatoms. The zero-order valence-corrected chi connectivity index (χ0v) is 10.4. The van der Waals surface area contributed by atoms with Crippen molar-refractivity contribution in [2.75, 3.05) is 6.61 Å². The molecule has 0 fully saturated rings. The van der Waals surface area contributed by atoms with Crippen molar-refractivity contribution in [2.24, 2.45) is 0 Å². The van der Waals surface area contributed by atoms with E-state index in [1.165, 1.54) is 12.1 Å². The number of halogens is 2. The Morgan fingerprint density at radius 2 is 2.24 bits per heavy atom. The van der Waals surface area contributed by atoms with Crippen LogP contribution in [0, 0.1) is 12.7 Å². The van der Waals surface area contributed by atoms with Gasteiger partial charge in [0, 0.05) is 24.6 Å². The summed E-state index contributed by atoms with van der Waals surface area (Å²) in [5, 5.41) is 11.6. The van der Waals surface area contributed by atoms with E-state index in [1.807, 2.05) is 0 Å². The Balaban J connectivity index is 2.57. The molecule has 17 heavy (non-hydrogen) atoms. The number of hydrogen-bond acceptors (Lipinski definition) is 2. The number of aliphatic hydroxyl groups is 1. The zero-order valence-electron chi connectivity index (χ0n) is 9.59. The number of amides is 1. The molecular weight excluding hydrogens is 245 g/mol. The maximum Gasteiger partial charge on any atom is 0.220 e. The fourth-order valence-corrected chi connectivity index (χ4v) is 1.63. The molecule has 0 saturated heterocycles. The summed E-state index contributed by atoms with van der Waals surface area (Å²) in [6.07, 6.45) is 0.671. The third-order valence-corrected chi connectivity index (χ3v) is 2.72. The molecule has 0 aliphatic carbocycles. The van der Waals surface area contributed by atoms with E-state index in [-0.39, 0.29) is 31.3 Å². The number of nitrogens with one attached hydrogen (secondary N) is 1. The van der Waals surface area contributed by atoms with Crippen molar-refractivity contribution in [2.45, 2.75) is 26.3 Å². The molecule has 0 aliphatic rings. The molecule has 3 nitrogen and oxygen atoms in total. The summed E-state index contributed by atoms with van der Waals surface area (Å²) in [6, 6.07) is 2.86. The number of aliphatic hydroxyl groups excluding tert-OH is 1. The maximum atomic E-state index is 13.3. The highest BCUT2D eigenvalue weighted by molar-refractivity contribution is 6.31. The van der Waals surface area contributed by atoms with Crippen molar-refractivity contribution < 1.29 is 14.3 Å². The molecule has 1 aromatic carbocycles. The average molecular weight is 260 g/mol. The first-order valence-electron chi connectivity index (χ1n) is 5.36. The first kappa shape index (κ1) is 13.9. The summed E-state index contributed by atoms with van der Waals surface area (Å²) in [5.41, 5.74) is 1.03. The normalized spacial score (nSPS) is 10.4. The Labute approximate surface area is 105 Å². The molecule has 1 rings (SSSR count). The highest BCUT2D eigenvalue weighted by Crippen LogP contribution is 2.20. The SMILES string of the molecule is Cc1cc(Cl)c(CNC(=O)CCCO)cc1F. The number of carbonyl (C=O) groups excluding carboxylic acids is 1. The van der Waals surface area contributed by atoms with Gasteiger partial charge < -0.3 is 10.4 Å². The average Bonchev–Trinajstić information content (AvgIpc) is 2.29. The third-order valence-electron chi connectivity index (χ3n) is 2.37. The molecule has 0 atom stereocenters. The number of rotatable bonds is 5. The lowest BCUT2D eigenvalue weighted by Crippen LogP contribution is -2.22. The lowest BCUT2D eigenvalue weighted by atomic mass is 10.1. The summed E-state index contributed by atoms with van der Waals surface area (Å²) in [7, 11) is 0. The standard InChI is InChI=1S/C12H15ClFNO2/c1-8-5-10(13)9(6-11(8)14)7-15-12(17)3-2-4-16/h5-6,16H,2-4,7H2,1H3,(H,15,17). The Bertz CT molecular complexity index is 410. The molecule has 0 radical (unpaired) electrons. The Morgan fingerprint density at radius 3 is 2.88 bits per heavy atom. The smallest absolute Gasteiger partial charge is 0.220 e. The largest absolute Gasteiger partial charge is 0.396 e. The van der Waals surface area contributed by atoms with Crippen LogP contribution in [0.1, 0.15) is 24.0 Å². The molecule has 0 aliphatic heterocycles. The number of carbonyl (C=O) groups is 1. The fourth-order valence-electron chi connectivity index (χ4n) is 1.34. The summed E-state index contributed by atoms with van der Waals surface area (Å²) in [4.78, 5) is 11.3. The van der Waals surface area contributed by atoms with Gasteiger partial charge in [0.2, 0.25) is 5.91 Å². The Morgan fingerprint density at radius 1 is 1.53 bits per heavy atom. The van der Waals surface area contributed by atoms with Gasteiger partial charge in [-0.05, 0) is 36.6 Å². The van der Waals surface area contributed by atoms with E-state index in [0.29, 0.717) is 22.6 Å². The number of hydrogen-bond donors (Lipinski definition) is 2. The highest BCUT2D eigenvalue weighted by atomic mass is 35.5. The Hall–Kier alpha value is -1.13. The molecule has 0 aromatic heterocycles. The van der Waals surface area contributed by atoms with Crippen LogP contribution in [0.5, 0.6) is 0 Å². The van der Waals surface area contributed by atoms with Gasteiger partial charge in [0.1, 0.15) is 5.82 Å². The number of aryl methyl sites for hydroxylation is 1. The first-order valence-corrected chi connectivity index (χ1v) is 5.74. The molecule has 0 bridgehead atoms. The van der Waals surface area contributed by atoms with Gasteiger partial charge in [-0.2, -0.15) is 0 Å². The van der Waals surface area contributed by atoms with E-state index in [4.69, 9.17) is 16.7 Å². The van der Waals surface area contributed by atoms with Crippen LogP contribution < -0.4 is 5.32 Å². The van der Waals surface area contributed by atoms with Gasteiger partial charge in [0.05, 0.1) is 0 Å². The molecule has 1 amide bonds. The van der Waals surface area contributed by atoms with Crippen LogP contribution >= 0.6 is 11.6 Å². The van der Waals surface area contributed by atoms with Gasteiger partial charge in [-0.25, -0.2) is 4.39 Å². The lowest BCUT2D eigenvalue weighted by Gasteiger charge is -2.08. The van der Waals surface area contributed by atoms with Crippen LogP contribution in [0.2, 0.25) is 5.02 Å². The molecule has 94 valence electrons. The van der Waals surface area contributed by atoms with Crippen molar-refractivity contribution in [3.63, 3.8) is 0 Å². The minimum Gasteiger partial charge on any atom is -0.396 e. The van der Waals surface area contributed by atoms with E-state index < -0.39 is 0 Å². The van der Waals surface area contributed by atoms with Crippen molar-refractivity contribution in [1.29, 1.82) is 0 Å². The van der Waals surface area contributed by atoms with Crippen molar-refractivity contribution in [1.82, 2.24) is 5.32 Å². The predicted molar refractivity (Wildman–Crippen MR) is 64.3 cm³/mol. The van der Waals surface area contributed by atoms with Gasteiger partial charge in [-0.15, -0.1) is 0 Å². The molecule has 0 saturated carbocycles. The van der Waals surface area contributed by atoms with Gasteiger partial charge in [-0.1, -0.05) is 11.6 Å². The van der Waals surface area contributed by atoms with Gasteiger partial charge in [-0.3, -0.25) is 4.79 Å². The lowest BCUT2D eigenvalue weighted by molar-refractivity contribution is -0.121. The second-order valence-corrected chi connectivity index (χ2v) is 4.20. The number of benzene rings is 1. The van der Waals surface area contributed by atoms with Crippen molar-refractivity contribution in [3.05, 3.63) is 34.1 Å². The minimum absolute atomic E-state index is 0.0205. The zero-order chi connectivity index (χ0) is 12.8. The van der Waals surface area contributed by atoms with Gasteiger partial charge in [0.25, 0.3) is 0 Å². The second kappa shape index (κ2) is 6.57. The summed E-state index contributed by atoms with van der Waals surface area (Å²) < 4.78 is 13.3. The summed E-state index contributed by atoms with van der Waals surface area (Å²) in [5.74, 6) is -0.523. The van der Waals surface area contributed by atoms with E-state index in [1.54, 1.807) is 6.92 Å². The molecule has 0 spiro atoms. The van der Waals surface area contributed by atoms with E-state index in [2.05, 4.69) is 5.32 Å². The van der Waals surface area contributed by atoms with Crippen molar-refractivity contribution in [3.8, 4) is 0 Å². The molecule has 0 unspecified atom stereocenters. The molecule has 0 heterocycles. The van der Waals surface area contributed by atoms with E-state index >= 15 is 0 Å². The first-order chi connectivity index (χ1) is 8.04. The van der Waals surface area contributed by atoms with E-state index in [0.717, 1.165) is 0 Å². The van der Waals surface area contributed by atoms with Crippen LogP contribution in [0.25, 0.3) is 0 Å². The highest BCUT2D eigenvalue weighted by Gasteiger charge is 2.07. The minimum atomic E-state index is -0.339. The van der Waals surface area contributed by atoms with Crippen LogP contribution in [0.4, 0.5) is 4.39 Å². The monoisotopic (exact) mass is 259 g/mol. The van der Waals surface area contributed by atoms with Crippen LogP contribution in [0.15, 0.2) is 12.1 Å². The predicted octanol–water partition coefficient (Wildman–Crippen LogP) is 2.18. The second-order valence-electron chi connectivity index (χ2n) is 3.80. The van der Waals surface area contributed by atoms with Crippen LogP contribution in [-0.2, 0) is 11.3 Å². The van der Waals surface area contributed by atoms with Crippen LogP contribution in [0.3, 0.4) is 0 Å². The molecule has 1 aromatic rings. The van der Waals surface area contributed by atoms with E-state index in [9.17, 15) is 9.18 Å². The third kappa shape index (κ3) is 4.32. The summed E-state index contributed by atoms with van der Waals surface area (Å²) in [6.45, 7) is 1.80.